The second kappa shape index (κ2) is 9.48. The van der Waals surface area contributed by atoms with E-state index in [4.69, 9.17) is 16.3 Å². The molecule has 1 aromatic rings. The van der Waals surface area contributed by atoms with E-state index in [0.29, 0.717) is 18.0 Å². The molecule has 0 N–H and O–H groups in total. The van der Waals surface area contributed by atoms with E-state index < -0.39 is 5.41 Å². The van der Waals surface area contributed by atoms with Gasteiger partial charge in [-0.15, -0.1) is 11.6 Å². The SMILES string of the molecule is COc1ccc(N2CN(C(=O)CN(CC(C)C)C(=O)C(C)(C)CCl)CC2=O)cc1. The van der Waals surface area contributed by atoms with Gasteiger partial charge in [-0.1, -0.05) is 13.8 Å². The summed E-state index contributed by atoms with van der Waals surface area (Å²) in [4.78, 5) is 42.8. The largest absolute Gasteiger partial charge is 0.497 e. The number of hydrogen-bond donors (Lipinski definition) is 0. The summed E-state index contributed by atoms with van der Waals surface area (Å²) in [6.45, 7) is 8.05. The van der Waals surface area contributed by atoms with E-state index in [1.807, 2.05) is 13.8 Å². The minimum absolute atomic E-state index is 0.00648. The Morgan fingerprint density at radius 1 is 1.24 bits per heavy atom. The molecular formula is C21H30ClN3O4. The number of methoxy groups -OCH3 is 1. The predicted octanol–water partition coefficient (Wildman–Crippen LogP) is 2.58. The lowest BCUT2D eigenvalue weighted by atomic mass is 9.94. The maximum absolute atomic E-state index is 12.9. The molecule has 1 heterocycles. The van der Waals surface area contributed by atoms with Crippen LogP contribution in [0.2, 0.25) is 0 Å². The molecule has 0 aromatic heterocycles. The Morgan fingerprint density at radius 2 is 1.86 bits per heavy atom. The highest BCUT2D eigenvalue weighted by Crippen LogP contribution is 2.24. The molecule has 1 fully saturated rings. The minimum Gasteiger partial charge on any atom is -0.497 e. The third-order valence-corrected chi connectivity index (χ3v) is 5.46. The second-order valence-electron chi connectivity index (χ2n) is 8.35. The van der Waals surface area contributed by atoms with Gasteiger partial charge in [-0.25, -0.2) is 0 Å². The van der Waals surface area contributed by atoms with Crippen molar-refractivity contribution < 1.29 is 19.1 Å². The normalized spacial score (nSPS) is 14.5. The summed E-state index contributed by atoms with van der Waals surface area (Å²) in [6.07, 6.45) is 0. The molecule has 1 aliphatic rings. The molecule has 1 aliphatic heterocycles. The van der Waals surface area contributed by atoms with Gasteiger partial charge in [-0.3, -0.25) is 19.3 Å². The second-order valence-corrected chi connectivity index (χ2v) is 8.62. The van der Waals surface area contributed by atoms with Gasteiger partial charge in [0, 0.05) is 18.1 Å². The number of hydrogen-bond acceptors (Lipinski definition) is 4. The Bertz CT molecular complexity index is 749. The molecule has 2 rings (SSSR count). The Morgan fingerprint density at radius 3 is 2.38 bits per heavy atom. The lowest BCUT2D eigenvalue weighted by Gasteiger charge is -2.32. The molecule has 0 saturated carbocycles. The van der Waals surface area contributed by atoms with Gasteiger partial charge in [0.2, 0.25) is 17.7 Å². The predicted molar refractivity (Wildman–Crippen MR) is 113 cm³/mol. The van der Waals surface area contributed by atoms with Crippen molar-refractivity contribution >= 4 is 35.0 Å². The molecule has 0 aliphatic carbocycles. The first-order chi connectivity index (χ1) is 13.6. The molecule has 0 radical (unpaired) electrons. The molecule has 0 unspecified atom stereocenters. The topological polar surface area (TPSA) is 70.2 Å². The highest BCUT2D eigenvalue weighted by Gasteiger charge is 2.36. The van der Waals surface area contributed by atoms with E-state index >= 15 is 0 Å². The quantitative estimate of drug-likeness (QED) is 0.602. The van der Waals surface area contributed by atoms with Crippen LogP contribution in [0.4, 0.5) is 5.69 Å². The van der Waals surface area contributed by atoms with Gasteiger partial charge in [0.25, 0.3) is 0 Å². The van der Waals surface area contributed by atoms with Crippen LogP contribution in [0.5, 0.6) is 5.75 Å². The van der Waals surface area contributed by atoms with E-state index in [0.717, 1.165) is 0 Å². The Labute approximate surface area is 177 Å². The van der Waals surface area contributed by atoms with E-state index in [1.165, 1.54) is 4.90 Å². The van der Waals surface area contributed by atoms with Crippen LogP contribution in [0.1, 0.15) is 27.7 Å². The van der Waals surface area contributed by atoms with E-state index in [1.54, 1.807) is 55.0 Å². The van der Waals surface area contributed by atoms with Gasteiger partial charge in [-0.2, -0.15) is 0 Å². The van der Waals surface area contributed by atoms with E-state index in [-0.39, 0.29) is 49.3 Å². The van der Waals surface area contributed by atoms with E-state index in [9.17, 15) is 14.4 Å². The summed E-state index contributed by atoms with van der Waals surface area (Å²) in [5, 5.41) is 0. The third-order valence-electron chi connectivity index (χ3n) is 4.79. The number of halogens is 1. The lowest BCUT2D eigenvalue weighted by molar-refractivity contribution is -0.145. The van der Waals surface area contributed by atoms with Crippen molar-refractivity contribution in [3.63, 3.8) is 0 Å². The molecule has 0 spiro atoms. The van der Waals surface area contributed by atoms with Crippen LogP contribution in [0.15, 0.2) is 24.3 Å². The van der Waals surface area contributed by atoms with Gasteiger partial charge in [0.1, 0.15) is 19.0 Å². The van der Waals surface area contributed by atoms with Crippen LogP contribution in [0.25, 0.3) is 0 Å². The number of carbonyl (C=O) groups is 3. The maximum atomic E-state index is 12.9. The average Bonchev–Trinajstić information content (AvgIpc) is 3.08. The monoisotopic (exact) mass is 423 g/mol. The summed E-state index contributed by atoms with van der Waals surface area (Å²) in [6, 6.07) is 7.10. The number of anilines is 1. The number of rotatable bonds is 8. The van der Waals surface area contributed by atoms with Crippen LogP contribution in [-0.2, 0) is 14.4 Å². The molecule has 0 bridgehead atoms. The summed E-state index contributed by atoms with van der Waals surface area (Å²) < 4.78 is 5.14. The molecule has 160 valence electrons. The van der Waals surface area contributed by atoms with Gasteiger partial charge in [-0.05, 0) is 44.0 Å². The van der Waals surface area contributed by atoms with Crippen molar-refractivity contribution in [1.29, 1.82) is 0 Å². The first-order valence-corrected chi connectivity index (χ1v) is 10.2. The zero-order valence-electron chi connectivity index (χ0n) is 17.8. The highest BCUT2D eigenvalue weighted by atomic mass is 35.5. The van der Waals surface area contributed by atoms with Crippen molar-refractivity contribution in [2.24, 2.45) is 11.3 Å². The van der Waals surface area contributed by atoms with Crippen LogP contribution in [-0.4, -0.2) is 66.8 Å². The number of alkyl halides is 1. The number of benzene rings is 1. The smallest absolute Gasteiger partial charge is 0.248 e. The first kappa shape index (κ1) is 23.0. The molecule has 3 amide bonds. The van der Waals surface area contributed by atoms with Crippen LogP contribution >= 0.6 is 11.6 Å². The van der Waals surface area contributed by atoms with Crippen molar-refractivity contribution in [3.8, 4) is 5.75 Å². The highest BCUT2D eigenvalue weighted by molar-refractivity contribution is 6.19. The standard InChI is InChI=1S/C21H30ClN3O4/c1-15(2)10-23(20(28)21(3,4)13-22)11-18(26)24-12-19(27)25(14-24)16-6-8-17(29-5)9-7-16/h6-9,15H,10-14H2,1-5H3. The lowest BCUT2D eigenvalue weighted by Crippen LogP contribution is -2.48. The van der Waals surface area contributed by atoms with E-state index in [2.05, 4.69) is 0 Å². The van der Waals surface area contributed by atoms with Crippen molar-refractivity contribution in [2.75, 3.05) is 44.2 Å². The average molecular weight is 424 g/mol. The van der Waals surface area contributed by atoms with Crippen LogP contribution < -0.4 is 9.64 Å². The number of amides is 3. The molecule has 0 atom stereocenters. The molecule has 1 aromatic carbocycles. The molecule has 8 heteroatoms. The zero-order chi connectivity index (χ0) is 21.8. The fourth-order valence-electron chi connectivity index (χ4n) is 3.11. The molecule has 1 saturated heterocycles. The van der Waals surface area contributed by atoms with Crippen LogP contribution in [0, 0.1) is 11.3 Å². The summed E-state index contributed by atoms with van der Waals surface area (Å²) in [7, 11) is 1.58. The van der Waals surface area contributed by atoms with Gasteiger partial charge >= 0.3 is 0 Å². The van der Waals surface area contributed by atoms with Gasteiger partial charge in [0.05, 0.1) is 19.1 Å². The van der Waals surface area contributed by atoms with Crippen molar-refractivity contribution in [2.45, 2.75) is 27.7 Å². The van der Waals surface area contributed by atoms with Gasteiger partial charge in [0.15, 0.2) is 0 Å². The third kappa shape index (κ3) is 5.63. The molecule has 7 nitrogen and oxygen atoms in total. The fraction of sp³-hybridized carbons (Fsp3) is 0.571. The molecule has 29 heavy (non-hydrogen) atoms. The summed E-state index contributed by atoms with van der Waals surface area (Å²) in [5.74, 6) is 0.487. The number of carbonyl (C=O) groups excluding carboxylic acids is 3. The Balaban J connectivity index is 2.09. The number of ether oxygens (including phenoxy) is 1. The van der Waals surface area contributed by atoms with Crippen LogP contribution in [0.3, 0.4) is 0 Å². The molecular weight excluding hydrogens is 394 g/mol. The summed E-state index contributed by atoms with van der Waals surface area (Å²) >= 11 is 5.96. The number of nitrogens with zero attached hydrogens (tertiary/aromatic N) is 3. The zero-order valence-corrected chi connectivity index (χ0v) is 18.5. The van der Waals surface area contributed by atoms with Crippen molar-refractivity contribution in [3.05, 3.63) is 24.3 Å². The fourth-order valence-corrected chi connectivity index (χ4v) is 3.23. The van der Waals surface area contributed by atoms with Crippen molar-refractivity contribution in [1.82, 2.24) is 9.80 Å². The van der Waals surface area contributed by atoms with Gasteiger partial charge < -0.3 is 14.5 Å². The Kier molecular flexibility index (Phi) is 7.52. The minimum atomic E-state index is -0.757. The Hall–Kier alpha value is -2.28. The maximum Gasteiger partial charge on any atom is 0.248 e. The first-order valence-electron chi connectivity index (χ1n) is 9.66. The summed E-state index contributed by atoms with van der Waals surface area (Å²) in [5.41, 5.74) is -0.0587.